The quantitative estimate of drug-likeness (QED) is 0.734. The normalized spacial score (nSPS) is 14.8. The molecule has 1 saturated heterocycles. The number of aliphatic carboxylic acids is 1. The van der Waals surface area contributed by atoms with Crippen molar-refractivity contribution < 1.29 is 14.6 Å². The van der Waals surface area contributed by atoms with Crippen molar-refractivity contribution in [3.05, 3.63) is 77.9 Å². The maximum absolute atomic E-state index is 10.7. The van der Waals surface area contributed by atoms with Crippen LogP contribution in [0.5, 0.6) is 5.75 Å². The van der Waals surface area contributed by atoms with E-state index in [0.29, 0.717) is 0 Å². The van der Waals surface area contributed by atoms with Gasteiger partial charge >= 0.3 is 5.97 Å². The Morgan fingerprint density at radius 3 is 2.57 bits per heavy atom. The van der Waals surface area contributed by atoms with Gasteiger partial charge in [0.25, 0.3) is 0 Å². The molecule has 1 aliphatic rings. The summed E-state index contributed by atoms with van der Waals surface area (Å²) in [6.07, 6.45) is 2.86. The Morgan fingerprint density at radius 1 is 1.18 bits per heavy atom. The molecule has 1 N–H and O–H groups in total. The predicted octanol–water partition coefficient (Wildman–Crippen LogP) is 4.82. The van der Waals surface area contributed by atoms with Gasteiger partial charge in [-0.05, 0) is 40.3 Å². The summed E-state index contributed by atoms with van der Waals surface area (Å²) in [6.45, 7) is 12.4. The van der Waals surface area contributed by atoms with Crippen molar-refractivity contribution in [2.24, 2.45) is 0 Å². The molecule has 0 aliphatic carbocycles. The molecule has 0 saturated carbocycles. The molecule has 1 aliphatic heterocycles. The smallest absolute Gasteiger partial charge is 0.328 e. The highest BCUT2D eigenvalue weighted by Gasteiger charge is 2.31. The standard InChI is InChI=1S/C24H27NO3/c1-17(19-9-7-8-18(14-19)12-13-23(26)27)25-15-20(16-25)28-22-11-6-5-10-21(22)24(2,3)4/h5-14,20H,1,15-16H2,2-4H3,(H,26,27)/b13-12+. The summed E-state index contributed by atoms with van der Waals surface area (Å²) in [6, 6.07) is 16.0. The summed E-state index contributed by atoms with van der Waals surface area (Å²) in [7, 11) is 0. The average Bonchev–Trinajstić information content (AvgIpc) is 2.62. The lowest BCUT2D eigenvalue weighted by Gasteiger charge is -2.42. The van der Waals surface area contributed by atoms with Gasteiger partial charge in [0, 0.05) is 11.8 Å². The number of nitrogens with zero attached hydrogens (tertiary/aromatic N) is 1. The third-order valence-corrected chi connectivity index (χ3v) is 4.86. The van der Waals surface area contributed by atoms with Crippen LogP contribution in [0.2, 0.25) is 0 Å². The van der Waals surface area contributed by atoms with Crippen molar-refractivity contribution in [3.8, 4) is 5.75 Å². The lowest BCUT2D eigenvalue weighted by molar-refractivity contribution is -0.131. The largest absolute Gasteiger partial charge is 0.486 e. The zero-order valence-electron chi connectivity index (χ0n) is 16.7. The first-order valence-electron chi connectivity index (χ1n) is 9.45. The average molecular weight is 377 g/mol. The zero-order valence-corrected chi connectivity index (χ0v) is 16.7. The summed E-state index contributed by atoms with van der Waals surface area (Å²) in [5.74, 6) is -0.00596. The van der Waals surface area contributed by atoms with Gasteiger partial charge in [0.2, 0.25) is 0 Å². The fourth-order valence-corrected chi connectivity index (χ4v) is 3.27. The summed E-state index contributed by atoms with van der Waals surface area (Å²) >= 11 is 0. The maximum Gasteiger partial charge on any atom is 0.328 e. The number of hydrogen-bond acceptors (Lipinski definition) is 3. The fraction of sp³-hybridized carbons (Fsp3) is 0.292. The summed E-state index contributed by atoms with van der Waals surface area (Å²) in [5.41, 5.74) is 4.00. The van der Waals surface area contributed by atoms with Crippen LogP contribution in [0.1, 0.15) is 37.5 Å². The van der Waals surface area contributed by atoms with Crippen LogP contribution in [0.15, 0.2) is 61.2 Å². The van der Waals surface area contributed by atoms with E-state index < -0.39 is 5.97 Å². The lowest BCUT2D eigenvalue weighted by atomic mass is 9.86. The van der Waals surface area contributed by atoms with Crippen LogP contribution in [0.4, 0.5) is 0 Å². The minimum atomic E-state index is -0.956. The van der Waals surface area contributed by atoms with Gasteiger partial charge in [0.15, 0.2) is 0 Å². The molecule has 1 heterocycles. The van der Waals surface area contributed by atoms with Crippen molar-refractivity contribution in [2.75, 3.05) is 13.1 Å². The van der Waals surface area contributed by atoms with Crippen molar-refractivity contribution in [2.45, 2.75) is 32.3 Å². The van der Waals surface area contributed by atoms with Crippen LogP contribution in [0.25, 0.3) is 11.8 Å². The third-order valence-electron chi connectivity index (χ3n) is 4.86. The molecule has 1 fully saturated rings. The van der Waals surface area contributed by atoms with Crippen molar-refractivity contribution >= 4 is 17.7 Å². The second-order valence-corrected chi connectivity index (χ2v) is 8.13. The van der Waals surface area contributed by atoms with Gasteiger partial charge in [0.05, 0.1) is 13.1 Å². The van der Waals surface area contributed by atoms with Crippen LogP contribution < -0.4 is 4.74 Å². The van der Waals surface area contributed by atoms with Gasteiger partial charge in [-0.2, -0.15) is 0 Å². The second-order valence-electron chi connectivity index (χ2n) is 8.13. The van der Waals surface area contributed by atoms with Crippen molar-refractivity contribution in [3.63, 3.8) is 0 Å². The van der Waals surface area contributed by atoms with Crippen LogP contribution in [0.3, 0.4) is 0 Å². The Bertz CT molecular complexity index is 902. The molecule has 0 atom stereocenters. The van der Waals surface area contributed by atoms with E-state index in [2.05, 4.69) is 38.3 Å². The highest BCUT2D eigenvalue weighted by Crippen LogP contribution is 2.33. The molecule has 2 aromatic carbocycles. The Labute approximate surface area is 166 Å². The number of rotatable bonds is 6. The zero-order chi connectivity index (χ0) is 20.3. The molecule has 0 aromatic heterocycles. The molecule has 146 valence electrons. The monoisotopic (exact) mass is 377 g/mol. The first-order chi connectivity index (χ1) is 13.2. The second kappa shape index (κ2) is 7.93. The molecule has 3 rings (SSSR count). The molecule has 2 aromatic rings. The minimum Gasteiger partial charge on any atom is -0.486 e. The van der Waals surface area contributed by atoms with Gasteiger partial charge in [0.1, 0.15) is 11.9 Å². The predicted molar refractivity (Wildman–Crippen MR) is 113 cm³/mol. The van der Waals surface area contributed by atoms with E-state index in [-0.39, 0.29) is 11.5 Å². The maximum atomic E-state index is 10.7. The first kappa shape index (κ1) is 19.7. The van der Waals surface area contributed by atoms with Gasteiger partial charge < -0.3 is 14.7 Å². The highest BCUT2D eigenvalue weighted by molar-refractivity contribution is 5.85. The number of benzene rings is 2. The van der Waals surface area contributed by atoms with E-state index in [1.807, 2.05) is 42.5 Å². The number of likely N-dealkylation sites (tertiary alicyclic amines) is 1. The lowest BCUT2D eigenvalue weighted by Crippen LogP contribution is -2.52. The van der Waals surface area contributed by atoms with Gasteiger partial charge in [-0.15, -0.1) is 0 Å². The highest BCUT2D eigenvalue weighted by atomic mass is 16.5. The number of carbonyl (C=O) groups is 1. The first-order valence-corrected chi connectivity index (χ1v) is 9.45. The Hall–Kier alpha value is -3.01. The summed E-state index contributed by atoms with van der Waals surface area (Å²) in [5, 5.41) is 8.78. The number of carboxylic acid groups (broad SMARTS) is 1. The molecule has 28 heavy (non-hydrogen) atoms. The number of para-hydroxylation sites is 1. The van der Waals surface area contributed by atoms with Gasteiger partial charge in [-0.3, -0.25) is 0 Å². The Morgan fingerprint density at radius 2 is 1.89 bits per heavy atom. The molecule has 0 radical (unpaired) electrons. The molecule has 0 bridgehead atoms. The summed E-state index contributed by atoms with van der Waals surface area (Å²) < 4.78 is 6.25. The van der Waals surface area contributed by atoms with Crippen LogP contribution in [-0.4, -0.2) is 35.2 Å². The molecule has 0 spiro atoms. The van der Waals surface area contributed by atoms with E-state index in [0.717, 1.165) is 41.7 Å². The van der Waals surface area contributed by atoms with Crippen LogP contribution >= 0.6 is 0 Å². The fourth-order valence-electron chi connectivity index (χ4n) is 3.27. The molecule has 4 heteroatoms. The van der Waals surface area contributed by atoms with E-state index in [1.165, 1.54) is 5.56 Å². The molecule has 4 nitrogen and oxygen atoms in total. The molecule has 0 amide bonds. The van der Waals surface area contributed by atoms with E-state index in [4.69, 9.17) is 9.84 Å². The number of carboxylic acids is 1. The third kappa shape index (κ3) is 4.63. The molecule has 0 unspecified atom stereocenters. The number of hydrogen-bond donors (Lipinski definition) is 1. The van der Waals surface area contributed by atoms with Crippen molar-refractivity contribution in [1.29, 1.82) is 0 Å². The van der Waals surface area contributed by atoms with Gasteiger partial charge in [-0.1, -0.05) is 63.7 Å². The SMILES string of the molecule is C=C(c1cccc(/C=C/C(=O)O)c1)N1CC(Oc2ccccc2C(C)(C)C)C1. The molecular weight excluding hydrogens is 350 g/mol. The van der Waals surface area contributed by atoms with Crippen LogP contribution in [0, 0.1) is 0 Å². The van der Waals surface area contributed by atoms with Gasteiger partial charge in [-0.25, -0.2) is 4.79 Å². The Balaban J connectivity index is 1.62. The summed E-state index contributed by atoms with van der Waals surface area (Å²) in [4.78, 5) is 12.9. The minimum absolute atomic E-state index is 0.0353. The van der Waals surface area contributed by atoms with Crippen molar-refractivity contribution in [1.82, 2.24) is 4.90 Å². The topological polar surface area (TPSA) is 49.8 Å². The molecular formula is C24H27NO3. The van der Waals surface area contributed by atoms with E-state index >= 15 is 0 Å². The van der Waals surface area contributed by atoms with E-state index in [9.17, 15) is 4.79 Å². The number of ether oxygens (including phenoxy) is 1. The Kier molecular flexibility index (Phi) is 5.59. The van der Waals surface area contributed by atoms with Crippen LogP contribution in [-0.2, 0) is 10.2 Å². The van der Waals surface area contributed by atoms with E-state index in [1.54, 1.807) is 6.08 Å².